The van der Waals surface area contributed by atoms with Crippen molar-refractivity contribution in [2.75, 3.05) is 11.8 Å². The van der Waals surface area contributed by atoms with E-state index in [4.69, 9.17) is 0 Å². The number of thioether (sulfide) groups is 1. The van der Waals surface area contributed by atoms with Crippen molar-refractivity contribution in [1.82, 2.24) is 10.9 Å². The molecule has 1 N–H and O–H groups in total. The summed E-state index contributed by atoms with van der Waals surface area (Å²) >= 11 is 1.80. The Bertz CT molecular complexity index is 19.2. The molecule has 1 rings (SSSR count). The minimum atomic E-state index is 0.931. The predicted octanol–water partition coefficient (Wildman–Crippen LogP) is -0.243. The molecule has 0 atom stereocenters. The van der Waals surface area contributed by atoms with Crippen molar-refractivity contribution in [1.29, 1.82) is 0 Å². The second kappa shape index (κ2) is 1.64. The van der Waals surface area contributed by atoms with Crippen molar-refractivity contribution in [3.8, 4) is 0 Å². The van der Waals surface area contributed by atoms with E-state index in [9.17, 15) is 0 Å². The van der Waals surface area contributed by atoms with E-state index in [1.54, 1.807) is 11.8 Å². The molecule has 1 radical (unpaired) electrons. The normalized spacial score (nSPS) is 24.0. The van der Waals surface area contributed by atoms with Gasteiger partial charge in [-0.1, -0.05) is 0 Å². The minimum absolute atomic E-state index is 0.931. The molecule has 0 amide bonds. The lowest BCUT2D eigenvalue weighted by Crippen LogP contribution is -2.12. The highest BCUT2D eigenvalue weighted by molar-refractivity contribution is 7.99. The lowest BCUT2D eigenvalue weighted by atomic mass is 11.4. The van der Waals surface area contributed by atoms with Gasteiger partial charge in [0.15, 0.2) is 0 Å². The lowest BCUT2D eigenvalue weighted by molar-refractivity contribution is 0.673. The molecule has 0 saturated carbocycles. The van der Waals surface area contributed by atoms with E-state index in [-0.39, 0.29) is 0 Å². The molecule has 1 aliphatic rings. The molecule has 0 bridgehead atoms. The Morgan fingerprint density at radius 1 is 1.80 bits per heavy atom. The Labute approximate surface area is 35.3 Å². The Hall–Kier alpha value is 0.270. The zero-order valence-electron chi connectivity index (χ0n) is 2.77. The second-order valence-corrected chi connectivity index (χ2v) is 1.75. The summed E-state index contributed by atoms with van der Waals surface area (Å²) in [6.07, 6.45) is 0. The van der Waals surface area contributed by atoms with Gasteiger partial charge in [0.05, 0.1) is 11.8 Å². The van der Waals surface area contributed by atoms with Crippen LogP contribution in [0.25, 0.3) is 0 Å². The summed E-state index contributed by atoms with van der Waals surface area (Å²) in [4.78, 5) is 0. The number of nitrogens with zero attached hydrogens (tertiary/aromatic N) is 1. The first-order chi connectivity index (χ1) is 2.50. The summed E-state index contributed by atoms with van der Waals surface area (Å²) < 4.78 is 0. The zero-order chi connectivity index (χ0) is 3.54. The van der Waals surface area contributed by atoms with Crippen LogP contribution in [0.2, 0.25) is 0 Å². The van der Waals surface area contributed by atoms with Crippen LogP contribution in [-0.2, 0) is 0 Å². The van der Waals surface area contributed by atoms with Gasteiger partial charge in [0, 0.05) is 0 Å². The van der Waals surface area contributed by atoms with E-state index in [0.717, 1.165) is 11.8 Å². The van der Waals surface area contributed by atoms with Crippen LogP contribution in [0, 0.1) is 0 Å². The monoisotopic (exact) mass is 89.0 g/mol. The molecular formula is C2H5N2S. The molecule has 5 heavy (non-hydrogen) atoms. The largest absolute Gasteiger partial charge is 0.229 e. The topological polar surface area (TPSA) is 26.1 Å². The molecule has 29 valence electrons. The standard InChI is InChI=1S/C2H5N2S/c1-3-4-2-5-1/h3H,1-2H2. The third-order valence-corrected chi connectivity index (χ3v) is 1.08. The quantitative estimate of drug-likeness (QED) is 0.443. The highest BCUT2D eigenvalue weighted by Gasteiger charge is 1.93. The summed E-state index contributed by atoms with van der Waals surface area (Å²) in [7, 11) is 0. The smallest absolute Gasteiger partial charge is 0.0774 e. The minimum Gasteiger partial charge on any atom is -0.229 e. The molecule has 1 heterocycles. The van der Waals surface area contributed by atoms with Crippen molar-refractivity contribution in [2.24, 2.45) is 0 Å². The number of nitrogens with one attached hydrogen (secondary N) is 1. The molecule has 0 spiro atoms. The number of hydrogen-bond acceptors (Lipinski definition) is 2. The average molecular weight is 89.1 g/mol. The van der Waals surface area contributed by atoms with Crippen LogP contribution >= 0.6 is 11.8 Å². The third kappa shape index (κ3) is 0.792. The second-order valence-electron chi connectivity index (χ2n) is 0.794. The highest BCUT2D eigenvalue weighted by Crippen LogP contribution is 1.96. The van der Waals surface area contributed by atoms with E-state index >= 15 is 0 Å². The molecule has 3 heteroatoms. The van der Waals surface area contributed by atoms with E-state index < -0.39 is 0 Å². The summed E-state index contributed by atoms with van der Waals surface area (Å²) in [6, 6.07) is 0. The number of hydrogen-bond donors (Lipinski definition) is 1. The summed E-state index contributed by atoms with van der Waals surface area (Å²) in [5.41, 5.74) is 6.61. The Balaban J connectivity index is 2.08. The molecule has 0 aromatic carbocycles. The van der Waals surface area contributed by atoms with Gasteiger partial charge in [0.25, 0.3) is 0 Å². The fourth-order valence-electron chi connectivity index (χ4n) is 0.228. The molecular weight excluding hydrogens is 84.1 g/mol. The fraction of sp³-hybridized carbons (Fsp3) is 1.00. The van der Waals surface area contributed by atoms with Crippen molar-refractivity contribution in [3.05, 3.63) is 0 Å². The van der Waals surface area contributed by atoms with Gasteiger partial charge in [-0.05, 0) is 0 Å². The Kier molecular flexibility index (Phi) is 1.14. The first-order valence-electron chi connectivity index (χ1n) is 1.47. The molecule has 1 aliphatic heterocycles. The summed E-state index contributed by atoms with van der Waals surface area (Å²) in [6.45, 7) is 0. The first kappa shape index (κ1) is 3.46. The van der Waals surface area contributed by atoms with Crippen molar-refractivity contribution < 1.29 is 0 Å². The van der Waals surface area contributed by atoms with Crippen LogP contribution in [0.15, 0.2) is 0 Å². The SMILES string of the molecule is C1[N]NCS1. The number of rotatable bonds is 0. The maximum absolute atomic E-state index is 3.80. The summed E-state index contributed by atoms with van der Waals surface area (Å²) in [5.74, 6) is 1.93. The van der Waals surface area contributed by atoms with Crippen LogP contribution in [0.1, 0.15) is 0 Å². The first-order valence-corrected chi connectivity index (χ1v) is 2.63. The maximum atomic E-state index is 3.80. The molecule has 0 aromatic heterocycles. The van der Waals surface area contributed by atoms with Gasteiger partial charge in [-0.15, -0.1) is 11.8 Å². The zero-order valence-corrected chi connectivity index (χ0v) is 3.59. The van der Waals surface area contributed by atoms with Crippen molar-refractivity contribution in [3.63, 3.8) is 0 Å². The third-order valence-electron chi connectivity index (χ3n) is 0.434. The average Bonchev–Trinajstić information content (AvgIpc) is 1.76. The van der Waals surface area contributed by atoms with Crippen LogP contribution in [0.5, 0.6) is 0 Å². The van der Waals surface area contributed by atoms with Gasteiger partial charge in [0.2, 0.25) is 0 Å². The van der Waals surface area contributed by atoms with Crippen molar-refractivity contribution >= 4 is 11.8 Å². The molecule has 1 fully saturated rings. The van der Waals surface area contributed by atoms with Crippen LogP contribution in [0.4, 0.5) is 0 Å². The fourth-order valence-corrected chi connectivity index (χ4v) is 0.685. The van der Waals surface area contributed by atoms with Gasteiger partial charge in [-0.25, -0.2) is 5.43 Å². The predicted molar refractivity (Wildman–Crippen MR) is 22.6 cm³/mol. The molecule has 0 aliphatic carbocycles. The molecule has 1 saturated heterocycles. The van der Waals surface area contributed by atoms with E-state index in [2.05, 4.69) is 10.9 Å². The Morgan fingerprint density at radius 2 is 2.80 bits per heavy atom. The van der Waals surface area contributed by atoms with Gasteiger partial charge >= 0.3 is 0 Å². The van der Waals surface area contributed by atoms with Gasteiger partial charge in [-0.3, -0.25) is 0 Å². The van der Waals surface area contributed by atoms with Crippen LogP contribution in [0.3, 0.4) is 0 Å². The Morgan fingerprint density at radius 3 is 3.00 bits per heavy atom. The molecule has 0 aromatic rings. The van der Waals surface area contributed by atoms with E-state index in [0.29, 0.717) is 0 Å². The summed E-state index contributed by atoms with van der Waals surface area (Å²) in [5, 5.41) is 0. The van der Waals surface area contributed by atoms with Gasteiger partial charge in [0.1, 0.15) is 0 Å². The maximum Gasteiger partial charge on any atom is 0.0774 e. The highest BCUT2D eigenvalue weighted by atomic mass is 32.2. The van der Waals surface area contributed by atoms with Crippen LogP contribution < -0.4 is 10.9 Å². The van der Waals surface area contributed by atoms with E-state index in [1.165, 1.54) is 0 Å². The van der Waals surface area contributed by atoms with Gasteiger partial charge < -0.3 is 0 Å². The lowest BCUT2D eigenvalue weighted by Gasteiger charge is -1.74. The van der Waals surface area contributed by atoms with Gasteiger partial charge in [-0.2, -0.15) is 5.43 Å². The molecule has 0 unspecified atom stereocenters. The molecule has 2 nitrogen and oxygen atoms in total. The van der Waals surface area contributed by atoms with Crippen LogP contribution in [-0.4, -0.2) is 11.8 Å². The van der Waals surface area contributed by atoms with Crippen molar-refractivity contribution in [2.45, 2.75) is 0 Å². The van der Waals surface area contributed by atoms with E-state index in [1.807, 2.05) is 0 Å².